The van der Waals surface area contributed by atoms with Crippen molar-refractivity contribution >= 4 is 28.5 Å². The van der Waals surface area contributed by atoms with E-state index in [2.05, 4.69) is 15.3 Å². The highest BCUT2D eigenvalue weighted by molar-refractivity contribution is 6.30. The molecule has 1 unspecified atom stereocenters. The Morgan fingerprint density at radius 1 is 1.23 bits per heavy atom. The van der Waals surface area contributed by atoms with Gasteiger partial charge in [-0.05, 0) is 42.8 Å². The summed E-state index contributed by atoms with van der Waals surface area (Å²) in [5, 5.41) is 3.62. The number of nitrogens with one attached hydrogen (secondary N) is 2. The Morgan fingerprint density at radius 2 is 1.95 bits per heavy atom. The van der Waals surface area contributed by atoms with Crippen molar-refractivity contribution in [2.45, 2.75) is 19.4 Å². The SMILES string of the molecule is CCC(NC(=O)c1ccc(Cl)cc1)c1nc2ccccc2[nH]1. The number of benzene rings is 2. The minimum Gasteiger partial charge on any atom is -0.342 e. The van der Waals surface area contributed by atoms with Gasteiger partial charge in [0.1, 0.15) is 5.82 Å². The molecule has 4 nitrogen and oxygen atoms in total. The van der Waals surface area contributed by atoms with Crippen molar-refractivity contribution in [2.75, 3.05) is 0 Å². The number of H-pyrrole nitrogens is 1. The molecule has 1 heterocycles. The molecule has 3 aromatic rings. The summed E-state index contributed by atoms with van der Waals surface area (Å²) in [7, 11) is 0. The molecule has 0 aliphatic rings. The molecule has 5 heteroatoms. The summed E-state index contributed by atoms with van der Waals surface area (Å²) in [4.78, 5) is 20.1. The molecule has 0 saturated heterocycles. The van der Waals surface area contributed by atoms with Gasteiger partial charge < -0.3 is 10.3 Å². The lowest BCUT2D eigenvalue weighted by molar-refractivity contribution is 0.0934. The maximum atomic E-state index is 12.3. The molecule has 2 aromatic carbocycles. The number of carbonyl (C=O) groups is 1. The van der Waals surface area contributed by atoms with E-state index in [9.17, 15) is 4.79 Å². The van der Waals surface area contributed by atoms with Gasteiger partial charge in [0.2, 0.25) is 0 Å². The number of fused-ring (bicyclic) bond motifs is 1. The molecule has 2 N–H and O–H groups in total. The fourth-order valence-electron chi connectivity index (χ4n) is 2.34. The number of hydrogen-bond acceptors (Lipinski definition) is 2. The highest BCUT2D eigenvalue weighted by atomic mass is 35.5. The Morgan fingerprint density at radius 3 is 2.64 bits per heavy atom. The first-order valence-corrected chi connectivity index (χ1v) is 7.56. The summed E-state index contributed by atoms with van der Waals surface area (Å²) in [6, 6.07) is 14.5. The topological polar surface area (TPSA) is 57.8 Å². The lowest BCUT2D eigenvalue weighted by atomic mass is 10.1. The fourth-order valence-corrected chi connectivity index (χ4v) is 2.47. The average molecular weight is 314 g/mol. The summed E-state index contributed by atoms with van der Waals surface area (Å²) in [5.74, 6) is 0.634. The zero-order valence-corrected chi connectivity index (χ0v) is 12.9. The number of rotatable bonds is 4. The minimum atomic E-state index is -0.157. The third kappa shape index (κ3) is 2.97. The third-order valence-corrected chi connectivity index (χ3v) is 3.81. The van der Waals surface area contributed by atoms with Crippen LogP contribution in [0.3, 0.4) is 0 Å². The smallest absolute Gasteiger partial charge is 0.251 e. The van der Waals surface area contributed by atoms with Gasteiger partial charge >= 0.3 is 0 Å². The summed E-state index contributed by atoms with van der Waals surface area (Å²) < 4.78 is 0. The van der Waals surface area contributed by atoms with E-state index in [1.807, 2.05) is 31.2 Å². The molecule has 1 aromatic heterocycles. The molecular formula is C17H16ClN3O. The molecule has 0 spiro atoms. The first-order chi connectivity index (χ1) is 10.7. The van der Waals surface area contributed by atoms with Crippen LogP contribution in [0.5, 0.6) is 0 Å². The Balaban J connectivity index is 1.81. The van der Waals surface area contributed by atoms with E-state index in [4.69, 9.17) is 11.6 Å². The van der Waals surface area contributed by atoms with Gasteiger partial charge in [-0.2, -0.15) is 0 Å². The second-order valence-corrected chi connectivity index (χ2v) is 5.52. The van der Waals surface area contributed by atoms with Gasteiger partial charge in [0, 0.05) is 10.6 Å². The van der Waals surface area contributed by atoms with Crippen LogP contribution in [0, 0.1) is 0 Å². The van der Waals surface area contributed by atoms with Crippen molar-refractivity contribution < 1.29 is 4.79 Å². The van der Waals surface area contributed by atoms with Crippen LogP contribution in [-0.2, 0) is 0 Å². The van der Waals surface area contributed by atoms with Crippen LogP contribution >= 0.6 is 11.6 Å². The van der Waals surface area contributed by atoms with Gasteiger partial charge in [-0.15, -0.1) is 0 Å². The van der Waals surface area contributed by atoms with Gasteiger partial charge in [0.15, 0.2) is 0 Å². The molecule has 0 saturated carbocycles. The Hall–Kier alpha value is -2.33. The summed E-state index contributed by atoms with van der Waals surface area (Å²) in [6.45, 7) is 2.01. The van der Waals surface area contributed by atoms with Crippen molar-refractivity contribution in [3.8, 4) is 0 Å². The van der Waals surface area contributed by atoms with E-state index < -0.39 is 0 Å². The lowest BCUT2D eigenvalue weighted by Crippen LogP contribution is -2.28. The third-order valence-electron chi connectivity index (χ3n) is 3.56. The zero-order chi connectivity index (χ0) is 15.5. The number of nitrogens with zero attached hydrogens (tertiary/aromatic N) is 1. The summed E-state index contributed by atoms with van der Waals surface area (Å²) in [5.41, 5.74) is 2.45. The number of aromatic amines is 1. The second kappa shape index (κ2) is 6.20. The van der Waals surface area contributed by atoms with Gasteiger partial charge in [-0.25, -0.2) is 4.98 Å². The predicted octanol–water partition coefficient (Wildman–Crippen LogP) is 4.10. The largest absolute Gasteiger partial charge is 0.342 e. The van der Waals surface area contributed by atoms with Crippen molar-refractivity contribution in [3.63, 3.8) is 0 Å². The molecule has 3 rings (SSSR count). The molecule has 0 radical (unpaired) electrons. The van der Waals surface area contributed by atoms with Crippen LogP contribution in [0.1, 0.15) is 35.6 Å². The molecule has 1 atom stereocenters. The average Bonchev–Trinajstić information content (AvgIpc) is 2.96. The van der Waals surface area contributed by atoms with Crippen molar-refractivity contribution in [1.29, 1.82) is 0 Å². The molecular weight excluding hydrogens is 298 g/mol. The van der Waals surface area contributed by atoms with Gasteiger partial charge in [-0.1, -0.05) is 30.7 Å². The standard InChI is InChI=1S/C17H16ClN3O/c1-2-13(16-19-14-5-3-4-6-15(14)20-16)21-17(22)11-7-9-12(18)10-8-11/h3-10,13H,2H2,1H3,(H,19,20)(H,21,22). The summed E-state index contributed by atoms with van der Waals surface area (Å²) >= 11 is 5.84. The second-order valence-electron chi connectivity index (χ2n) is 5.08. The number of hydrogen-bond donors (Lipinski definition) is 2. The molecule has 0 aliphatic carbocycles. The van der Waals surface area contributed by atoms with Crippen molar-refractivity contribution in [1.82, 2.24) is 15.3 Å². The number of aromatic nitrogens is 2. The van der Waals surface area contributed by atoms with E-state index >= 15 is 0 Å². The molecule has 22 heavy (non-hydrogen) atoms. The number of imidazole rings is 1. The monoisotopic (exact) mass is 313 g/mol. The van der Waals surface area contributed by atoms with Gasteiger partial charge in [-0.3, -0.25) is 4.79 Å². The molecule has 0 fully saturated rings. The lowest BCUT2D eigenvalue weighted by Gasteiger charge is -2.14. The Kier molecular flexibility index (Phi) is 4.11. The zero-order valence-electron chi connectivity index (χ0n) is 12.1. The molecule has 112 valence electrons. The van der Waals surface area contributed by atoms with Crippen molar-refractivity contribution in [2.24, 2.45) is 0 Å². The normalized spacial score (nSPS) is 12.3. The number of para-hydroxylation sites is 2. The fraction of sp³-hybridized carbons (Fsp3) is 0.176. The van der Waals surface area contributed by atoms with Crippen LogP contribution in [0.15, 0.2) is 48.5 Å². The van der Waals surface area contributed by atoms with Gasteiger partial charge in [0.05, 0.1) is 17.1 Å². The van der Waals surface area contributed by atoms with E-state index in [0.29, 0.717) is 10.6 Å². The molecule has 1 amide bonds. The number of carbonyl (C=O) groups excluding carboxylic acids is 1. The van der Waals surface area contributed by atoms with Crippen LogP contribution in [0.4, 0.5) is 0 Å². The van der Waals surface area contributed by atoms with E-state index in [0.717, 1.165) is 23.3 Å². The maximum absolute atomic E-state index is 12.3. The van der Waals surface area contributed by atoms with E-state index in [1.54, 1.807) is 24.3 Å². The highest BCUT2D eigenvalue weighted by Crippen LogP contribution is 2.19. The Labute approximate surface area is 133 Å². The number of halogens is 1. The number of amides is 1. The molecule has 0 bridgehead atoms. The van der Waals surface area contributed by atoms with E-state index in [1.165, 1.54) is 0 Å². The quantitative estimate of drug-likeness (QED) is 0.762. The first kappa shape index (κ1) is 14.6. The van der Waals surface area contributed by atoms with Crippen LogP contribution in [0.25, 0.3) is 11.0 Å². The van der Waals surface area contributed by atoms with Crippen LogP contribution in [0.2, 0.25) is 5.02 Å². The Bertz CT molecular complexity index is 762. The van der Waals surface area contributed by atoms with Gasteiger partial charge in [0.25, 0.3) is 5.91 Å². The minimum absolute atomic E-state index is 0.135. The summed E-state index contributed by atoms with van der Waals surface area (Å²) in [6.07, 6.45) is 0.749. The molecule has 0 aliphatic heterocycles. The predicted molar refractivity (Wildman–Crippen MR) is 88.0 cm³/mol. The van der Waals surface area contributed by atoms with Crippen LogP contribution in [-0.4, -0.2) is 15.9 Å². The first-order valence-electron chi connectivity index (χ1n) is 7.18. The maximum Gasteiger partial charge on any atom is 0.251 e. The highest BCUT2D eigenvalue weighted by Gasteiger charge is 2.17. The van der Waals surface area contributed by atoms with Crippen LogP contribution < -0.4 is 5.32 Å². The van der Waals surface area contributed by atoms with Crippen molar-refractivity contribution in [3.05, 3.63) is 64.9 Å². The van der Waals surface area contributed by atoms with E-state index in [-0.39, 0.29) is 11.9 Å².